The molecule has 0 unspecified atom stereocenters. The number of thioether (sulfide) groups is 1. The third-order valence-corrected chi connectivity index (χ3v) is 6.26. The fraction of sp³-hybridized carbons (Fsp3) is 0.368. The van der Waals surface area contributed by atoms with Crippen molar-refractivity contribution < 1.29 is 9.53 Å². The summed E-state index contributed by atoms with van der Waals surface area (Å²) in [5.41, 5.74) is 1.58. The Labute approximate surface area is 171 Å². The van der Waals surface area contributed by atoms with Crippen molar-refractivity contribution in [2.45, 2.75) is 25.9 Å². The van der Waals surface area contributed by atoms with E-state index in [9.17, 15) is 9.59 Å². The van der Waals surface area contributed by atoms with Gasteiger partial charge in [0, 0.05) is 19.9 Å². The van der Waals surface area contributed by atoms with Gasteiger partial charge in [-0.2, -0.15) is 0 Å². The van der Waals surface area contributed by atoms with Crippen molar-refractivity contribution in [3.8, 4) is 0 Å². The monoisotopic (exact) mass is 416 g/mol. The summed E-state index contributed by atoms with van der Waals surface area (Å²) in [4.78, 5) is 32.5. The highest BCUT2D eigenvalue weighted by Crippen LogP contribution is 2.34. The highest BCUT2D eigenvalue weighted by atomic mass is 32.2. The number of aromatic nitrogens is 2. The molecule has 2 saturated heterocycles. The number of fused-ring (bicyclic) bond motifs is 1. The van der Waals surface area contributed by atoms with Crippen molar-refractivity contribution in [3.05, 3.63) is 44.7 Å². The van der Waals surface area contributed by atoms with Gasteiger partial charge in [0.2, 0.25) is 0 Å². The third kappa shape index (κ3) is 3.34. The molecule has 1 amide bonds. The molecule has 2 aliphatic rings. The number of rotatable bonds is 4. The molecule has 0 spiro atoms. The van der Waals surface area contributed by atoms with E-state index in [0.29, 0.717) is 32.8 Å². The summed E-state index contributed by atoms with van der Waals surface area (Å²) >= 11 is 6.60. The van der Waals surface area contributed by atoms with Crippen molar-refractivity contribution in [2.75, 3.05) is 25.5 Å². The molecule has 0 saturated carbocycles. The maximum atomic E-state index is 13.0. The molecule has 0 aliphatic carbocycles. The predicted molar refractivity (Wildman–Crippen MR) is 115 cm³/mol. The van der Waals surface area contributed by atoms with Crippen molar-refractivity contribution in [2.24, 2.45) is 0 Å². The Morgan fingerprint density at radius 2 is 2.29 bits per heavy atom. The van der Waals surface area contributed by atoms with Crippen LogP contribution in [-0.4, -0.2) is 50.8 Å². The zero-order chi connectivity index (χ0) is 19.8. The average Bonchev–Trinajstić information content (AvgIpc) is 3.28. The lowest BCUT2D eigenvalue weighted by Crippen LogP contribution is -2.35. The molecule has 0 bridgehead atoms. The lowest BCUT2D eigenvalue weighted by molar-refractivity contribution is -0.123. The SMILES string of the molecule is CNc1nc2c(C)cccn2c(=O)c1/C=C1\SC(=S)N(C[C@@H]2CCCO2)C1=O. The van der Waals surface area contributed by atoms with Gasteiger partial charge in [-0.15, -0.1) is 0 Å². The van der Waals surface area contributed by atoms with Crippen LogP contribution < -0.4 is 10.9 Å². The molecule has 0 radical (unpaired) electrons. The van der Waals surface area contributed by atoms with Crippen molar-refractivity contribution >= 4 is 51.7 Å². The number of pyridine rings is 1. The second-order valence-electron chi connectivity index (χ2n) is 6.74. The van der Waals surface area contributed by atoms with Crippen LogP contribution in [0.2, 0.25) is 0 Å². The third-order valence-electron chi connectivity index (χ3n) is 4.88. The molecular weight excluding hydrogens is 396 g/mol. The number of nitrogens with one attached hydrogen (secondary N) is 1. The molecular formula is C19H20N4O3S2. The average molecular weight is 417 g/mol. The first kappa shape index (κ1) is 19.1. The molecule has 0 aromatic carbocycles. The molecule has 4 rings (SSSR count). The van der Waals surface area contributed by atoms with Gasteiger partial charge in [-0.1, -0.05) is 30.0 Å². The lowest BCUT2D eigenvalue weighted by Gasteiger charge is -2.18. The first-order valence-corrected chi connectivity index (χ1v) is 10.3. The Balaban J connectivity index is 1.73. The Morgan fingerprint density at radius 3 is 3.00 bits per heavy atom. The number of anilines is 1. The molecule has 7 nitrogen and oxygen atoms in total. The number of aryl methyl sites for hydroxylation is 1. The van der Waals surface area contributed by atoms with Gasteiger partial charge in [0.1, 0.15) is 15.8 Å². The van der Waals surface area contributed by atoms with Crippen LogP contribution in [0.15, 0.2) is 28.0 Å². The fourth-order valence-corrected chi connectivity index (χ4v) is 4.67. The summed E-state index contributed by atoms with van der Waals surface area (Å²) in [5, 5.41) is 2.97. The number of thiocarbonyl (C=S) groups is 1. The number of hydrogen-bond acceptors (Lipinski definition) is 7. The zero-order valence-corrected chi connectivity index (χ0v) is 17.2. The summed E-state index contributed by atoms with van der Waals surface area (Å²) in [7, 11) is 1.70. The van der Waals surface area contributed by atoms with Crippen LogP contribution in [0.5, 0.6) is 0 Å². The molecule has 2 aromatic heterocycles. The summed E-state index contributed by atoms with van der Waals surface area (Å²) in [6.45, 7) is 3.08. The Hall–Kier alpha value is -2.23. The molecule has 9 heteroatoms. The Kier molecular flexibility index (Phi) is 5.22. The van der Waals surface area contributed by atoms with E-state index in [4.69, 9.17) is 17.0 Å². The molecule has 2 aromatic rings. The van der Waals surface area contributed by atoms with Crippen LogP contribution in [-0.2, 0) is 9.53 Å². The normalized spacial score (nSPS) is 21.3. The van der Waals surface area contributed by atoms with Gasteiger partial charge in [-0.05, 0) is 37.5 Å². The number of ether oxygens (including phenoxy) is 1. The van der Waals surface area contributed by atoms with Crippen LogP contribution in [0.4, 0.5) is 5.82 Å². The highest BCUT2D eigenvalue weighted by Gasteiger charge is 2.35. The van der Waals surface area contributed by atoms with Gasteiger partial charge in [-0.3, -0.25) is 18.9 Å². The summed E-state index contributed by atoms with van der Waals surface area (Å²) in [6.07, 6.45) is 5.21. The van der Waals surface area contributed by atoms with E-state index in [0.717, 1.165) is 25.0 Å². The van der Waals surface area contributed by atoms with Gasteiger partial charge >= 0.3 is 0 Å². The minimum atomic E-state index is -0.234. The smallest absolute Gasteiger partial charge is 0.267 e. The van der Waals surface area contributed by atoms with Crippen molar-refractivity contribution in [1.29, 1.82) is 0 Å². The van der Waals surface area contributed by atoms with E-state index in [1.807, 2.05) is 13.0 Å². The van der Waals surface area contributed by atoms with E-state index in [1.54, 1.807) is 30.3 Å². The second-order valence-corrected chi connectivity index (χ2v) is 8.42. The topological polar surface area (TPSA) is 75.9 Å². The van der Waals surface area contributed by atoms with Crippen LogP contribution in [0.3, 0.4) is 0 Å². The van der Waals surface area contributed by atoms with Gasteiger partial charge < -0.3 is 10.1 Å². The van der Waals surface area contributed by atoms with Gasteiger partial charge in [0.05, 0.1) is 23.1 Å². The van der Waals surface area contributed by atoms with E-state index in [2.05, 4.69) is 10.3 Å². The molecule has 1 atom stereocenters. The Morgan fingerprint density at radius 1 is 1.46 bits per heavy atom. The van der Waals surface area contributed by atoms with E-state index in [-0.39, 0.29) is 17.6 Å². The number of nitrogens with zero attached hydrogens (tertiary/aromatic N) is 3. The number of carbonyl (C=O) groups excluding carboxylic acids is 1. The minimum Gasteiger partial charge on any atom is -0.376 e. The summed E-state index contributed by atoms with van der Waals surface area (Å²) in [6, 6.07) is 3.70. The molecule has 146 valence electrons. The first-order valence-electron chi connectivity index (χ1n) is 9.06. The van der Waals surface area contributed by atoms with E-state index >= 15 is 0 Å². The van der Waals surface area contributed by atoms with Gasteiger partial charge in [0.25, 0.3) is 11.5 Å². The second kappa shape index (κ2) is 7.65. The van der Waals surface area contributed by atoms with Crippen LogP contribution in [0.25, 0.3) is 11.7 Å². The number of amides is 1. The van der Waals surface area contributed by atoms with Crippen molar-refractivity contribution in [3.63, 3.8) is 0 Å². The standard InChI is InChI=1S/C19H20N4O3S2/c1-11-5-3-7-22-16(11)21-15(20-2)13(17(22)24)9-14-18(25)23(19(27)28-14)10-12-6-4-8-26-12/h3,5,7,9,12,20H,4,6,8,10H2,1-2H3/b14-9-/t12-/m0/s1. The number of hydrogen-bond donors (Lipinski definition) is 1. The van der Waals surface area contributed by atoms with Crippen LogP contribution in [0.1, 0.15) is 24.0 Å². The number of carbonyl (C=O) groups is 1. The summed E-state index contributed by atoms with van der Waals surface area (Å²) < 4.78 is 7.61. The Bertz CT molecular complexity index is 1060. The van der Waals surface area contributed by atoms with E-state index in [1.165, 1.54) is 16.2 Å². The zero-order valence-electron chi connectivity index (χ0n) is 15.6. The predicted octanol–water partition coefficient (Wildman–Crippen LogP) is 2.42. The molecule has 28 heavy (non-hydrogen) atoms. The quantitative estimate of drug-likeness (QED) is 0.606. The van der Waals surface area contributed by atoms with E-state index < -0.39 is 0 Å². The molecule has 2 fully saturated rings. The largest absolute Gasteiger partial charge is 0.376 e. The highest BCUT2D eigenvalue weighted by molar-refractivity contribution is 8.26. The maximum Gasteiger partial charge on any atom is 0.267 e. The van der Waals surface area contributed by atoms with Crippen molar-refractivity contribution in [1.82, 2.24) is 14.3 Å². The molecule has 4 heterocycles. The molecule has 2 aliphatic heterocycles. The summed E-state index contributed by atoms with van der Waals surface area (Å²) in [5.74, 6) is 0.241. The lowest BCUT2D eigenvalue weighted by atomic mass is 10.2. The fourth-order valence-electron chi connectivity index (χ4n) is 3.41. The van der Waals surface area contributed by atoms with Crippen LogP contribution in [0, 0.1) is 6.92 Å². The first-order chi connectivity index (χ1) is 13.5. The van der Waals surface area contributed by atoms with Gasteiger partial charge in [0.15, 0.2) is 0 Å². The minimum absolute atomic E-state index is 0.0191. The molecule has 1 N–H and O–H groups in total. The van der Waals surface area contributed by atoms with Crippen LogP contribution >= 0.6 is 24.0 Å². The maximum absolute atomic E-state index is 13.0. The van der Waals surface area contributed by atoms with Gasteiger partial charge in [-0.25, -0.2) is 4.98 Å².